The first-order valence-corrected chi connectivity index (χ1v) is 44.0. The maximum Gasteiger partial charge on any atom is 0.227 e. The smallest absolute Gasteiger partial charge is 0.227 e. The van der Waals surface area contributed by atoms with Gasteiger partial charge in [-0.15, -0.1) is 0 Å². The first kappa shape index (κ1) is 88.9. The monoisotopic (exact) mass is 1780 g/mol. The van der Waals surface area contributed by atoms with Crippen LogP contribution in [0.25, 0.3) is 67.8 Å². The molecule has 12 heterocycles. The van der Waals surface area contributed by atoms with Gasteiger partial charge in [0.25, 0.3) is 0 Å². The summed E-state index contributed by atoms with van der Waals surface area (Å²) >= 11 is 0. The number of nitrogens with zero attached hydrogens (tertiary/aromatic N) is 29. The van der Waals surface area contributed by atoms with E-state index in [9.17, 15) is 26.2 Å². The normalized spacial score (nSPS) is 13.8. The van der Waals surface area contributed by atoms with Crippen molar-refractivity contribution < 1.29 is 9.84 Å². The Kier molecular flexibility index (Phi) is 27.8. The molecule has 668 valence electrons. The van der Waals surface area contributed by atoms with Crippen LogP contribution < -0.4 is 40.9 Å². The van der Waals surface area contributed by atoms with Gasteiger partial charge in [-0.05, 0) is 237 Å². The summed E-state index contributed by atoms with van der Waals surface area (Å²) in [5.74, 6) is 4.90. The number of morpholine rings is 1. The molecule has 35 nitrogen and oxygen atoms in total. The van der Waals surface area contributed by atoms with Gasteiger partial charge in [0.2, 0.25) is 23.8 Å². The molecule has 0 saturated carbocycles. The number of hydrogen-bond acceptors (Lipinski definition) is 31. The van der Waals surface area contributed by atoms with E-state index in [1.54, 1.807) is 68.8 Å². The molecule has 0 aliphatic carbocycles. The highest BCUT2D eigenvalue weighted by molar-refractivity contribution is 5.77. The Bertz CT molecular complexity index is 6510. The van der Waals surface area contributed by atoms with Crippen LogP contribution in [0, 0.1) is 73.0 Å². The van der Waals surface area contributed by atoms with Crippen LogP contribution in [0.5, 0.6) is 0 Å². The molecule has 0 atom stereocenters. The first-order chi connectivity index (χ1) is 65.6. The molecule has 5 N–H and O–H groups in total. The Morgan fingerprint density at radius 2 is 0.582 bits per heavy atom. The molecule has 4 fully saturated rings. The second kappa shape index (κ2) is 42.0. The maximum atomic E-state index is 9.84. The number of anilines is 12. The topological polar surface area (TPSA) is 415 Å². The van der Waals surface area contributed by atoms with Crippen molar-refractivity contribution in [3.63, 3.8) is 0 Å². The summed E-state index contributed by atoms with van der Waals surface area (Å²) < 4.78 is 12.4. The number of aliphatic hydroxyl groups is 1. The minimum atomic E-state index is -0.269. The average molecular weight is 1780 g/mol. The molecule has 0 unspecified atom stereocenters. The van der Waals surface area contributed by atoms with E-state index in [0.717, 1.165) is 215 Å². The number of likely N-dealkylation sites (N-methyl/N-ethyl adjacent to an activating group) is 1. The number of piperidine rings is 2. The summed E-state index contributed by atoms with van der Waals surface area (Å²) in [7, 11) is 2.12. The van der Waals surface area contributed by atoms with Crippen molar-refractivity contribution >= 4 is 69.3 Å². The van der Waals surface area contributed by atoms with Gasteiger partial charge in [-0.2, -0.15) is 41.4 Å². The van der Waals surface area contributed by atoms with Crippen LogP contribution in [-0.4, -0.2) is 201 Å². The van der Waals surface area contributed by atoms with Gasteiger partial charge >= 0.3 is 0 Å². The van der Waals surface area contributed by atoms with E-state index in [1.165, 1.54) is 6.42 Å². The standard InChI is InChI=1S/C25H25N9.C25H24N8O.C25H24N8.C24H22N8O/c1-18-28-17-34(31-18)22-7-5-21(6-8-22)29-25-27-10-9-23(30-25)19-3-4-20(16-26)24(15-19)33-13-11-32(2)12-14-33;1-17-28-16-33(31-17)21-6-4-20(5-7-21)29-25-27-11-8-23(30-25)18-2-3-19(15-26)24(14-18)32-12-9-22(34)10-13-32;1-18-28-17-33(31-18)22-9-7-21(8-10-22)29-25-27-12-11-23(30-25)19-5-6-20(16-26)24(15-19)32-13-3-2-4-14-32;1-17-27-16-32(30-17)21-6-4-20(5-7-21)28-24-26-9-8-22(29-24)18-2-3-19(15-25)23(14-18)31-10-12-33-13-11-31/h3-10,15,17H,11-14H2,1-2H3,(H,27,29,30);2-8,11,14,16,22,34H,9-10,12-13H2,1H3,(H,27,29,30);5-12,15,17H,2-4,13-14H2,1H3,(H,27,29,30);2-9,14,16H,10-13H2,1H3,(H,26,28,29). The van der Waals surface area contributed by atoms with Gasteiger partial charge in [-0.3, -0.25) is 0 Å². The lowest BCUT2D eigenvalue weighted by Crippen LogP contribution is -2.44. The highest BCUT2D eigenvalue weighted by Crippen LogP contribution is 2.36. The Labute approximate surface area is 774 Å². The number of hydrogen-bond donors (Lipinski definition) is 5. The maximum absolute atomic E-state index is 9.84. The van der Waals surface area contributed by atoms with Crippen LogP contribution in [0.4, 0.5) is 69.3 Å². The number of rotatable bonds is 20. The molecule has 0 amide bonds. The van der Waals surface area contributed by atoms with Crippen molar-refractivity contribution in [2.24, 2.45) is 0 Å². The number of aromatic nitrogens is 20. The van der Waals surface area contributed by atoms with Crippen molar-refractivity contribution in [3.05, 3.63) is 290 Å². The molecule has 35 heteroatoms. The minimum absolute atomic E-state index is 0.269. The highest BCUT2D eigenvalue weighted by Gasteiger charge is 2.25. The molecule has 16 aromatic rings. The summed E-state index contributed by atoms with van der Waals surface area (Å²) in [4.78, 5) is 64.2. The van der Waals surface area contributed by atoms with Gasteiger partial charge in [0, 0.05) is 135 Å². The Morgan fingerprint density at radius 1 is 0.313 bits per heavy atom. The van der Waals surface area contributed by atoms with Crippen molar-refractivity contribution in [1.29, 1.82) is 21.0 Å². The molecular formula is C99H95N33O2. The number of nitrogens with one attached hydrogen (secondary N) is 4. The predicted molar refractivity (Wildman–Crippen MR) is 513 cm³/mol. The number of benzene rings is 8. The van der Waals surface area contributed by atoms with Crippen LogP contribution >= 0.6 is 0 Å². The van der Waals surface area contributed by atoms with Gasteiger partial charge < -0.3 is 55.6 Å². The second-order valence-electron chi connectivity index (χ2n) is 32.2. The first-order valence-electron chi connectivity index (χ1n) is 44.0. The molecule has 8 aromatic heterocycles. The summed E-state index contributed by atoms with van der Waals surface area (Å²) in [5.41, 5.74) is 20.4. The van der Waals surface area contributed by atoms with Gasteiger partial charge in [0.15, 0.2) is 0 Å². The summed E-state index contributed by atoms with van der Waals surface area (Å²) in [5, 5.41) is 78.6. The van der Waals surface area contributed by atoms with Gasteiger partial charge in [-0.1, -0.05) is 24.3 Å². The third-order valence-electron chi connectivity index (χ3n) is 23.0. The Morgan fingerprint density at radius 3 is 0.851 bits per heavy atom. The third kappa shape index (κ3) is 22.2. The lowest BCUT2D eigenvalue weighted by atomic mass is 10.0. The third-order valence-corrected chi connectivity index (χ3v) is 23.0. The fraction of sp³-hybridized carbons (Fsp3) is 0.232. The van der Waals surface area contributed by atoms with Crippen molar-refractivity contribution in [1.82, 2.24) is 104 Å². The largest absolute Gasteiger partial charge is 0.393 e. The van der Waals surface area contributed by atoms with Crippen LogP contribution in [0.1, 0.15) is 77.7 Å². The number of piperazine rings is 1. The number of ether oxygens (including phenoxy) is 1. The minimum Gasteiger partial charge on any atom is -0.393 e. The predicted octanol–water partition coefficient (Wildman–Crippen LogP) is 15.1. The molecule has 4 aliphatic rings. The van der Waals surface area contributed by atoms with Crippen LogP contribution in [0.15, 0.2) is 244 Å². The fourth-order valence-corrected chi connectivity index (χ4v) is 15.8. The van der Waals surface area contributed by atoms with E-state index < -0.39 is 0 Å². The molecular weight excluding hydrogens is 1680 g/mol. The van der Waals surface area contributed by atoms with E-state index in [0.29, 0.717) is 72.1 Å². The molecule has 4 saturated heterocycles. The molecule has 0 spiro atoms. The summed E-state index contributed by atoms with van der Waals surface area (Å²) in [6.45, 7) is 17.4. The lowest BCUT2D eigenvalue weighted by Gasteiger charge is -2.34. The summed E-state index contributed by atoms with van der Waals surface area (Å²) in [6.07, 6.45) is 18.4. The lowest BCUT2D eigenvalue weighted by molar-refractivity contribution is 0.122. The van der Waals surface area contributed by atoms with Gasteiger partial charge in [-0.25, -0.2) is 78.5 Å². The number of aliphatic hydroxyl groups excluding tert-OH is 1. The Balaban J connectivity index is 0.000000124. The van der Waals surface area contributed by atoms with Crippen LogP contribution in [0.3, 0.4) is 0 Å². The summed E-state index contributed by atoms with van der Waals surface area (Å²) in [6, 6.07) is 71.3. The number of aryl methyl sites for hydroxylation is 4. The Hall–Kier alpha value is -17.1. The molecule has 8 aromatic carbocycles. The highest BCUT2D eigenvalue weighted by atomic mass is 16.5. The van der Waals surface area contributed by atoms with Crippen molar-refractivity contribution in [3.8, 4) is 92.1 Å². The SMILES string of the molecule is Cc1ncn(-c2ccc(Nc3nccc(-c4ccc(C#N)c(N5CCC(O)CC5)c4)n3)cc2)n1.Cc1ncn(-c2ccc(Nc3nccc(-c4ccc(C#N)c(N5CCCCC5)c4)n3)cc2)n1.Cc1ncn(-c2ccc(Nc3nccc(-c4ccc(C#N)c(N5CCN(C)CC5)c4)n3)cc2)n1.Cc1ncn(-c2ccc(Nc3nccc(-c4ccc(C#N)c(N5CCOCC5)c4)n3)cc2)n1. The van der Waals surface area contributed by atoms with Crippen molar-refractivity contribution in [2.45, 2.75) is 65.9 Å². The number of nitriles is 4. The molecule has 20 rings (SSSR count). The molecule has 0 bridgehead atoms. The van der Waals surface area contributed by atoms with Gasteiger partial charge in [0.05, 0.1) is 110 Å². The molecule has 134 heavy (non-hydrogen) atoms. The van der Waals surface area contributed by atoms with E-state index in [1.807, 2.05) is 210 Å². The van der Waals surface area contributed by atoms with Crippen LogP contribution in [0.2, 0.25) is 0 Å². The van der Waals surface area contributed by atoms with Crippen molar-refractivity contribution in [2.75, 3.05) is 127 Å². The quantitative estimate of drug-likeness (QED) is 0.0473. The van der Waals surface area contributed by atoms with Gasteiger partial charge in [0.1, 0.15) is 72.9 Å². The molecule has 4 aliphatic heterocycles. The average Bonchev–Trinajstić information content (AvgIpc) is 1.24. The van der Waals surface area contributed by atoms with E-state index in [2.05, 4.69) is 159 Å². The van der Waals surface area contributed by atoms with E-state index in [4.69, 9.17) is 14.7 Å². The zero-order valence-corrected chi connectivity index (χ0v) is 74.5. The van der Waals surface area contributed by atoms with E-state index in [-0.39, 0.29) is 6.10 Å². The zero-order chi connectivity index (χ0) is 92.2. The zero-order valence-electron chi connectivity index (χ0n) is 74.5. The second-order valence-corrected chi connectivity index (χ2v) is 32.2. The van der Waals surface area contributed by atoms with Crippen LogP contribution in [-0.2, 0) is 4.74 Å². The molecule has 0 radical (unpaired) electrons. The fourth-order valence-electron chi connectivity index (χ4n) is 15.8. The van der Waals surface area contributed by atoms with E-state index >= 15 is 0 Å².